The van der Waals surface area contributed by atoms with Gasteiger partial charge in [-0.3, -0.25) is 14.5 Å². The molecule has 2 aliphatic rings. The van der Waals surface area contributed by atoms with Crippen LogP contribution in [0, 0.1) is 12.8 Å². The number of likely N-dealkylation sites (tertiary alicyclic amines) is 1. The van der Waals surface area contributed by atoms with Gasteiger partial charge in [0, 0.05) is 13.1 Å². The third-order valence-electron chi connectivity index (χ3n) is 4.94. The molecule has 1 unspecified atom stereocenters. The fourth-order valence-corrected chi connectivity index (χ4v) is 3.20. The summed E-state index contributed by atoms with van der Waals surface area (Å²) in [7, 11) is 0. The lowest BCUT2D eigenvalue weighted by molar-refractivity contribution is -0.139. The van der Waals surface area contributed by atoms with Crippen LogP contribution < -0.4 is 5.32 Å². The summed E-state index contributed by atoms with van der Waals surface area (Å²) >= 11 is 0. The summed E-state index contributed by atoms with van der Waals surface area (Å²) in [6.45, 7) is 6.66. The minimum atomic E-state index is -1.26. The van der Waals surface area contributed by atoms with Gasteiger partial charge in [-0.1, -0.05) is 6.92 Å². The molecule has 2 aliphatic heterocycles. The summed E-state index contributed by atoms with van der Waals surface area (Å²) in [6, 6.07) is 2.85. The van der Waals surface area contributed by atoms with Crippen molar-refractivity contribution in [3.05, 3.63) is 23.7 Å². The zero-order chi connectivity index (χ0) is 17.5. The quantitative estimate of drug-likeness (QED) is 0.852. The number of hydrogen-bond donors (Lipinski definition) is 1. The van der Waals surface area contributed by atoms with Crippen LogP contribution in [0.15, 0.2) is 16.5 Å². The van der Waals surface area contributed by atoms with Crippen LogP contribution in [-0.4, -0.2) is 47.3 Å². The zero-order valence-electron chi connectivity index (χ0n) is 14.3. The van der Waals surface area contributed by atoms with Crippen LogP contribution in [0.4, 0.5) is 4.79 Å². The van der Waals surface area contributed by atoms with Crippen LogP contribution in [0.3, 0.4) is 0 Å². The Labute approximate surface area is 141 Å². The molecule has 1 aromatic heterocycles. The van der Waals surface area contributed by atoms with E-state index >= 15 is 0 Å². The molecular weight excluding hydrogens is 310 g/mol. The van der Waals surface area contributed by atoms with Gasteiger partial charge in [-0.2, -0.15) is 0 Å². The molecule has 1 N–H and O–H groups in total. The van der Waals surface area contributed by atoms with Crippen molar-refractivity contribution in [2.75, 3.05) is 19.6 Å². The molecule has 24 heavy (non-hydrogen) atoms. The number of piperidine rings is 1. The van der Waals surface area contributed by atoms with Crippen LogP contribution >= 0.6 is 0 Å². The predicted molar refractivity (Wildman–Crippen MR) is 86.0 cm³/mol. The van der Waals surface area contributed by atoms with Crippen molar-refractivity contribution in [3.63, 3.8) is 0 Å². The average Bonchev–Trinajstić information content (AvgIpc) is 3.06. The second kappa shape index (κ2) is 5.96. The molecule has 0 aliphatic carbocycles. The van der Waals surface area contributed by atoms with E-state index in [9.17, 15) is 14.4 Å². The predicted octanol–water partition coefficient (Wildman–Crippen LogP) is 1.61. The van der Waals surface area contributed by atoms with E-state index in [2.05, 4.69) is 12.2 Å². The van der Waals surface area contributed by atoms with Crippen LogP contribution in [0.25, 0.3) is 0 Å². The maximum absolute atomic E-state index is 12.7. The summed E-state index contributed by atoms with van der Waals surface area (Å²) in [5, 5.41) is 2.65. The molecule has 130 valence electrons. The molecule has 0 radical (unpaired) electrons. The van der Waals surface area contributed by atoms with Crippen molar-refractivity contribution < 1.29 is 18.8 Å². The van der Waals surface area contributed by atoms with E-state index in [1.807, 2.05) is 0 Å². The molecule has 7 heteroatoms. The van der Waals surface area contributed by atoms with E-state index in [0.29, 0.717) is 30.5 Å². The van der Waals surface area contributed by atoms with Crippen molar-refractivity contribution in [1.29, 1.82) is 0 Å². The smallest absolute Gasteiger partial charge is 0.325 e. The molecule has 1 aromatic rings. The van der Waals surface area contributed by atoms with Crippen LogP contribution in [-0.2, 0) is 15.1 Å². The second-order valence-corrected chi connectivity index (χ2v) is 6.92. The molecule has 3 rings (SSSR count). The highest BCUT2D eigenvalue weighted by molar-refractivity contribution is 6.08. The Morgan fingerprint density at radius 1 is 1.33 bits per heavy atom. The first-order chi connectivity index (χ1) is 11.3. The van der Waals surface area contributed by atoms with E-state index in [1.165, 1.54) is 0 Å². The lowest BCUT2D eigenvalue weighted by Crippen LogP contribution is -2.46. The monoisotopic (exact) mass is 333 g/mol. The standard InChI is InChI=1S/C17H23N3O4/c1-11-6-8-19(9-7-11)14(21)10-20-15(22)17(3,18-16(20)23)13-5-4-12(2)24-13/h4-5,11H,6-10H2,1-3H3,(H,18,23). The average molecular weight is 333 g/mol. The van der Waals surface area contributed by atoms with Gasteiger partial charge in [0.2, 0.25) is 5.91 Å². The Kier molecular flexibility index (Phi) is 4.11. The number of amides is 4. The van der Waals surface area contributed by atoms with Crippen LogP contribution in [0.2, 0.25) is 0 Å². The zero-order valence-corrected chi connectivity index (χ0v) is 14.3. The molecule has 1 atom stereocenters. The molecule has 3 heterocycles. The highest BCUT2D eigenvalue weighted by Gasteiger charge is 2.51. The van der Waals surface area contributed by atoms with Crippen LogP contribution in [0.5, 0.6) is 0 Å². The van der Waals surface area contributed by atoms with Gasteiger partial charge in [-0.05, 0) is 44.7 Å². The van der Waals surface area contributed by atoms with E-state index in [4.69, 9.17) is 4.42 Å². The fraction of sp³-hybridized carbons (Fsp3) is 0.588. The molecule has 0 spiro atoms. The molecule has 0 aromatic carbocycles. The summed E-state index contributed by atoms with van der Waals surface area (Å²) in [4.78, 5) is 40.1. The van der Waals surface area contributed by atoms with E-state index in [0.717, 1.165) is 17.7 Å². The van der Waals surface area contributed by atoms with Gasteiger partial charge in [-0.25, -0.2) is 4.79 Å². The lowest BCUT2D eigenvalue weighted by atomic mass is 9.99. The van der Waals surface area contributed by atoms with E-state index in [-0.39, 0.29) is 12.5 Å². The van der Waals surface area contributed by atoms with Gasteiger partial charge in [0.1, 0.15) is 18.1 Å². The highest BCUT2D eigenvalue weighted by Crippen LogP contribution is 2.30. The van der Waals surface area contributed by atoms with Crippen molar-refractivity contribution in [2.45, 2.75) is 39.2 Å². The van der Waals surface area contributed by atoms with Gasteiger partial charge < -0.3 is 14.6 Å². The van der Waals surface area contributed by atoms with Gasteiger partial charge in [0.05, 0.1) is 0 Å². The molecule has 0 saturated carbocycles. The molecule has 7 nitrogen and oxygen atoms in total. The largest absolute Gasteiger partial charge is 0.463 e. The number of carbonyl (C=O) groups excluding carboxylic acids is 3. The van der Waals surface area contributed by atoms with Gasteiger partial charge in [0.25, 0.3) is 5.91 Å². The normalized spacial score (nSPS) is 25.3. The van der Waals surface area contributed by atoms with Gasteiger partial charge in [0.15, 0.2) is 5.54 Å². The third-order valence-corrected chi connectivity index (χ3v) is 4.94. The highest BCUT2D eigenvalue weighted by atomic mass is 16.3. The van der Waals surface area contributed by atoms with Crippen molar-refractivity contribution in [3.8, 4) is 0 Å². The number of hydrogen-bond acceptors (Lipinski definition) is 4. The maximum Gasteiger partial charge on any atom is 0.325 e. The Morgan fingerprint density at radius 2 is 2.00 bits per heavy atom. The molecule has 4 amide bonds. The van der Waals surface area contributed by atoms with E-state index in [1.54, 1.807) is 30.9 Å². The van der Waals surface area contributed by atoms with Crippen molar-refractivity contribution >= 4 is 17.8 Å². The minimum Gasteiger partial charge on any atom is -0.463 e. The number of aryl methyl sites for hydroxylation is 1. The number of imide groups is 1. The third kappa shape index (κ3) is 2.79. The van der Waals surface area contributed by atoms with Crippen molar-refractivity contribution in [1.82, 2.24) is 15.1 Å². The summed E-state index contributed by atoms with van der Waals surface area (Å²) < 4.78 is 5.51. The fourth-order valence-electron chi connectivity index (χ4n) is 3.20. The lowest BCUT2D eigenvalue weighted by Gasteiger charge is -2.31. The number of furan rings is 1. The first kappa shape index (κ1) is 16.5. The maximum atomic E-state index is 12.7. The topological polar surface area (TPSA) is 82.9 Å². The summed E-state index contributed by atoms with van der Waals surface area (Å²) in [5.41, 5.74) is -1.26. The number of nitrogens with one attached hydrogen (secondary N) is 1. The Morgan fingerprint density at radius 3 is 2.58 bits per heavy atom. The second-order valence-electron chi connectivity index (χ2n) is 6.92. The number of urea groups is 1. The molecule has 2 saturated heterocycles. The first-order valence-electron chi connectivity index (χ1n) is 8.30. The van der Waals surface area contributed by atoms with Gasteiger partial charge in [-0.15, -0.1) is 0 Å². The summed E-state index contributed by atoms with van der Waals surface area (Å²) in [6.07, 6.45) is 1.91. The number of nitrogens with zero attached hydrogens (tertiary/aromatic N) is 2. The van der Waals surface area contributed by atoms with Crippen LogP contribution in [0.1, 0.15) is 38.2 Å². The minimum absolute atomic E-state index is 0.190. The van der Waals surface area contributed by atoms with Crippen molar-refractivity contribution in [2.24, 2.45) is 5.92 Å². The SMILES string of the molecule is Cc1ccc(C2(C)NC(=O)N(CC(=O)N3CCC(C)CC3)C2=O)o1. The first-order valence-corrected chi connectivity index (χ1v) is 8.30. The molecular formula is C17H23N3O4. The molecule has 2 fully saturated rings. The summed E-state index contributed by atoms with van der Waals surface area (Å²) in [5.74, 6) is 0.993. The molecule has 0 bridgehead atoms. The Balaban J connectivity index is 1.71. The number of carbonyl (C=O) groups is 3. The number of rotatable bonds is 3. The Hall–Kier alpha value is -2.31. The van der Waals surface area contributed by atoms with E-state index < -0.39 is 17.5 Å². The Bertz CT molecular complexity index is 675. The van der Waals surface area contributed by atoms with Gasteiger partial charge >= 0.3 is 6.03 Å².